The molecule has 27 heavy (non-hydrogen) atoms. The number of methoxy groups -OCH3 is 2. The molecular formula is C19H25ClN4O3. The molecule has 7 nitrogen and oxygen atoms in total. The number of ether oxygens (including phenoxy) is 2. The molecular weight excluding hydrogens is 368 g/mol. The third-order valence-corrected chi connectivity index (χ3v) is 5.23. The summed E-state index contributed by atoms with van der Waals surface area (Å²) in [4.78, 5) is 24.0. The number of aromatic amines is 1. The van der Waals surface area contributed by atoms with Crippen molar-refractivity contribution < 1.29 is 9.47 Å². The summed E-state index contributed by atoms with van der Waals surface area (Å²) in [5.41, 5.74) is 2.58. The number of H-pyrrole nitrogens is 1. The summed E-state index contributed by atoms with van der Waals surface area (Å²) >= 11 is 6.52. The number of fused-ring (bicyclic) bond motifs is 1. The molecule has 1 aromatic heterocycles. The van der Waals surface area contributed by atoms with Crippen LogP contribution in [0, 0.1) is 0 Å². The van der Waals surface area contributed by atoms with E-state index >= 15 is 0 Å². The van der Waals surface area contributed by atoms with Crippen LogP contribution in [0.3, 0.4) is 0 Å². The molecule has 1 aromatic carbocycles. The number of nitrogens with zero attached hydrogens (tertiary/aromatic N) is 3. The summed E-state index contributed by atoms with van der Waals surface area (Å²) in [6.07, 6.45) is 1.39. The first-order valence-electron chi connectivity index (χ1n) is 8.85. The lowest BCUT2D eigenvalue weighted by Gasteiger charge is -2.21. The Hall–Kier alpha value is -2.25. The summed E-state index contributed by atoms with van der Waals surface area (Å²) in [6, 6.07) is 3.82. The second-order valence-corrected chi connectivity index (χ2v) is 7.14. The van der Waals surface area contributed by atoms with Crippen LogP contribution in [-0.4, -0.2) is 56.3 Å². The van der Waals surface area contributed by atoms with Crippen molar-refractivity contribution in [1.29, 1.82) is 0 Å². The van der Waals surface area contributed by atoms with Crippen molar-refractivity contribution in [2.24, 2.45) is 0 Å². The van der Waals surface area contributed by atoms with Crippen molar-refractivity contribution in [3.8, 4) is 11.5 Å². The predicted octanol–water partition coefficient (Wildman–Crippen LogP) is 2.11. The average molecular weight is 393 g/mol. The Bertz CT molecular complexity index is 882. The molecule has 1 aliphatic rings. The van der Waals surface area contributed by atoms with Crippen molar-refractivity contribution in [2.75, 3.05) is 46.3 Å². The average Bonchev–Trinajstić information content (AvgIpc) is 2.86. The van der Waals surface area contributed by atoms with E-state index in [1.165, 1.54) is 0 Å². The van der Waals surface area contributed by atoms with Gasteiger partial charge in [0, 0.05) is 45.7 Å². The Kier molecular flexibility index (Phi) is 5.92. The van der Waals surface area contributed by atoms with Crippen molar-refractivity contribution in [2.45, 2.75) is 19.4 Å². The fourth-order valence-electron chi connectivity index (χ4n) is 3.30. The van der Waals surface area contributed by atoms with Crippen LogP contribution in [0.5, 0.6) is 11.5 Å². The number of hydrogen-bond acceptors (Lipinski definition) is 6. The number of nitrogens with one attached hydrogen (secondary N) is 1. The van der Waals surface area contributed by atoms with Crippen molar-refractivity contribution in [3.05, 3.63) is 44.3 Å². The first-order valence-corrected chi connectivity index (χ1v) is 9.23. The quantitative estimate of drug-likeness (QED) is 0.840. The van der Waals surface area contributed by atoms with Gasteiger partial charge in [-0.15, -0.1) is 0 Å². The summed E-state index contributed by atoms with van der Waals surface area (Å²) in [5, 5.41) is 0.560. The predicted molar refractivity (Wildman–Crippen MR) is 106 cm³/mol. The van der Waals surface area contributed by atoms with E-state index in [4.69, 9.17) is 21.1 Å². The van der Waals surface area contributed by atoms with Crippen LogP contribution in [0.25, 0.3) is 0 Å². The number of hydrogen-bond donors (Lipinski definition) is 1. The van der Waals surface area contributed by atoms with Crippen molar-refractivity contribution in [3.63, 3.8) is 0 Å². The Morgan fingerprint density at radius 1 is 1.22 bits per heavy atom. The van der Waals surface area contributed by atoms with E-state index in [1.54, 1.807) is 14.2 Å². The lowest BCUT2D eigenvalue weighted by molar-refractivity contribution is 0.278. The van der Waals surface area contributed by atoms with E-state index in [2.05, 4.69) is 14.9 Å². The molecule has 0 bridgehead atoms. The Morgan fingerprint density at radius 3 is 2.63 bits per heavy atom. The van der Waals surface area contributed by atoms with Crippen molar-refractivity contribution in [1.82, 2.24) is 14.9 Å². The van der Waals surface area contributed by atoms with Gasteiger partial charge < -0.3 is 14.4 Å². The molecule has 0 saturated carbocycles. The molecule has 0 spiro atoms. The van der Waals surface area contributed by atoms with E-state index in [0.29, 0.717) is 35.4 Å². The van der Waals surface area contributed by atoms with E-state index in [9.17, 15) is 4.79 Å². The second-order valence-electron chi connectivity index (χ2n) is 6.76. The Balaban J connectivity index is 1.80. The summed E-state index contributed by atoms with van der Waals surface area (Å²) in [5.74, 6) is 1.75. The topological polar surface area (TPSA) is 70.7 Å². The third-order valence-electron chi connectivity index (χ3n) is 4.81. The van der Waals surface area contributed by atoms with Gasteiger partial charge in [0.25, 0.3) is 5.56 Å². The van der Waals surface area contributed by atoms with Crippen LogP contribution in [0.4, 0.5) is 5.95 Å². The van der Waals surface area contributed by atoms with Crippen molar-refractivity contribution >= 4 is 17.5 Å². The van der Waals surface area contributed by atoms with Gasteiger partial charge in [-0.2, -0.15) is 0 Å². The van der Waals surface area contributed by atoms with Crippen LogP contribution in [0.15, 0.2) is 16.9 Å². The molecule has 1 aliphatic heterocycles. The zero-order valence-corrected chi connectivity index (χ0v) is 16.9. The highest BCUT2D eigenvalue weighted by atomic mass is 35.5. The van der Waals surface area contributed by atoms with Gasteiger partial charge in [-0.1, -0.05) is 17.7 Å². The van der Waals surface area contributed by atoms with Crippen LogP contribution in [0.2, 0.25) is 5.02 Å². The van der Waals surface area contributed by atoms with Gasteiger partial charge in [-0.25, -0.2) is 4.98 Å². The molecule has 0 amide bonds. The molecule has 2 heterocycles. The highest BCUT2D eigenvalue weighted by Crippen LogP contribution is 2.37. The largest absolute Gasteiger partial charge is 0.493 e. The minimum Gasteiger partial charge on any atom is -0.493 e. The van der Waals surface area contributed by atoms with Gasteiger partial charge in [-0.3, -0.25) is 14.7 Å². The first kappa shape index (κ1) is 19.5. The normalized spacial score (nSPS) is 14.4. The lowest BCUT2D eigenvalue weighted by Crippen LogP contribution is -2.26. The number of halogens is 1. The Labute approximate surface area is 163 Å². The molecule has 0 fully saturated rings. The van der Waals surface area contributed by atoms with Crippen LogP contribution < -0.4 is 19.9 Å². The van der Waals surface area contributed by atoms with Gasteiger partial charge in [0.15, 0.2) is 11.5 Å². The molecule has 1 N–H and O–H groups in total. The highest BCUT2D eigenvalue weighted by Gasteiger charge is 2.21. The van der Waals surface area contributed by atoms with Crippen LogP contribution in [-0.2, 0) is 19.4 Å². The molecule has 146 valence electrons. The lowest BCUT2D eigenvalue weighted by atomic mass is 10.1. The van der Waals surface area contributed by atoms with E-state index < -0.39 is 0 Å². The monoisotopic (exact) mass is 392 g/mol. The maximum Gasteiger partial charge on any atom is 0.255 e. The van der Waals surface area contributed by atoms with Crippen LogP contribution in [0.1, 0.15) is 16.8 Å². The standard InChI is InChI=1S/C19H25ClN4O3/c1-23(2)19-21-14-8-10-24(9-7-13(14)18(25)22-19)11-12-5-6-15(26-3)17(27-4)16(12)20/h5-6H,7-11H2,1-4H3,(H,21,22,25). The zero-order valence-electron chi connectivity index (χ0n) is 16.1. The van der Waals surface area contributed by atoms with E-state index in [-0.39, 0.29) is 5.56 Å². The Morgan fingerprint density at radius 2 is 1.96 bits per heavy atom. The molecule has 0 atom stereocenters. The van der Waals surface area contributed by atoms with Gasteiger partial charge >= 0.3 is 0 Å². The number of anilines is 1. The molecule has 2 aromatic rings. The first-order chi connectivity index (χ1) is 12.9. The fraction of sp³-hybridized carbons (Fsp3) is 0.474. The smallest absolute Gasteiger partial charge is 0.255 e. The minimum absolute atomic E-state index is 0.0466. The maximum atomic E-state index is 12.4. The summed E-state index contributed by atoms with van der Waals surface area (Å²) < 4.78 is 10.7. The van der Waals surface area contributed by atoms with E-state index in [0.717, 1.165) is 36.3 Å². The zero-order chi connectivity index (χ0) is 19.6. The fourth-order valence-corrected chi connectivity index (χ4v) is 3.60. The third kappa shape index (κ3) is 4.04. The maximum absolute atomic E-state index is 12.4. The molecule has 3 rings (SSSR count). The number of benzene rings is 1. The minimum atomic E-state index is -0.0466. The highest BCUT2D eigenvalue weighted by molar-refractivity contribution is 6.33. The molecule has 0 aliphatic carbocycles. The molecule has 0 unspecified atom stereocenters. The van der Waals surface area contributed by atoms with Gasteiger partial charge in [0.1, 0.15) is 0 Å². The molecule has 0 radical (unpaired) electrons. The summed E-state index contributed by atoms with van der Waals surface area (Å²) in [7, 11) is 6.90. The second kappa shape index (κ2) is 8.19. The molecule has 0 saturated heterocycles. The van der Waals surface area contributed by atoms with E-state index in [1.807, 2.05) is 31.1 Å². The van der Waals surface area contributed by atoms with Gasteiger partial charge in [-0.05, 0) is 18.1 Å². The van der Waals surface area contributed by atoms with Gasteiger partial charge in [0.2, 0.25) is 5.95 Å². The number of aromatic nitrogens is 2. The number of rotatable bonds is 5. The van der Waals surface area contributed by atoms with Crippen LogP contribution >= 0.6 is 11.6 Å². The summed E-state index contributed by atoms with van der Waals surface area (Å²) in [6.45, 7) is 2.25. The van der Waals surface area contributed by atoms with Gasteiger partial charge in [0.05, 0.1) is 24.9 Å². The SMILES string of the molecule is COc1ccc(CN2CCc3nc(N(C)C)[nH]c(=O)c3CC2)c(Cl)c1OC. The molecule has 8 heteroatoms.